The van der Waals surface area contributed by atoms with E-state index in [0.717, 1.165) is 11.3 Å². The summed E-state index contributed by atoms with van der Waals surface area (Å²) in [6.07, 6.45) is 0. The Morgan fingerprint density at radius 1 is 1.14 bits per heavy atom. The number of nitrogens with zero attached hydrogens (tertiary/aromatic N) is 2. The maximum absolute atomic E-state index is 14.8. The van der Waals surface area contributed by atoms with Gasteiger partial charge in [-0.15, -0.1) is 23.1 Å². The second-order valence-corrected chi connectivity index (χ2v) is 10.8. The molecule has 7 nitrogen and oxygen atoms in total. The minimum Gasteiger partial charge on any atom is -0.486 e. The predicted octanol–water partition coefficient (Wildman–Crippen LogP) is 4.42. The number of benzene rings is 2. The second-order valence-electron chi connectivity index (χ2n) is 8.33. The van der Waals surface area contributed by atoms with Gasteiger partial charge in [-0.1, -0.05) is 18.2 Å². The van der Waals surface area contributed by atoms with Gasteiger partial charge in [-0.3, -0.25) is 9.59 Å². The number of hydrogen-bond donors (Lipinski definition) is 1. The van der Waals surface area contributed by atoms with Crippen LogP contribution in [0.1, 0.15) is 31.4 Å². The Morgan fingerprint density at radius 2 is 1.94 bits per heavy atom. The number of para-hydroxylation sites is 1. The van der Waals surface area contributed by atoms with Gasteiger partial charge in [-0.2, -0.15) is 0 Å². The van der Waals surface area contributed by atoms with Crippen LogP contribution in [-0.2, 0) is 0 Å². The maximum atomic E-state index is 14.8. The van der Waals surface area contributed by atoms with Crippen molar-refractivity contribution in [2.75, 3.05) is 32.1 Å². The molecule has 0 saturated carbocycles. The lowest BCUT2D eigenvalue weighted by molar-refractivity contribution is 0.0746. The number of aromatic nitrogens is 1. The summed E-state index contributed by atoms with van der Waals surface area (Å²) in [5.74, 6) is -1.05. The lowest BCUT2D eigenvalue weighted by Gasteiger charge is -2.24. The first-order valence-electron chi connectivity index (χ1n) is 11.4. The van der Waals surface area contributed by atoms with Gasteiger partial charge in [0.05, 0.1) is 20.8 Å². The first-order chi connectivity index (χ1) is 17.3. The fraction of sp³-hybridized carbons (Fsp3) is 0.320. The van der Waals surface area contributed by atoms with Crippen molar-refractivity contribution in [1.82, 2.24) is 15.2 Å². The quantitative estimate of drug-likeness (QED) is 0.525. The molecule has 1 aromatic heterocycles. The number of fused-ring (bicyclic) bond motifs is 1. The van der Waals surface area contributed by atoms with E-state index in [1.807, 2.05) is 0 Å². The van der Waals surface area contributed by atoms with E-state index in [4.69, 9.17) is 9.47 Å². The number of carbonyl (C=O) groups excluding carboxylic acids is 2. The number of carbonyl (C=O) groups is 2. The van der Waals surface area contributed by atoms with Crippen molar-refractivity contribution >= 4 is 34.9 Å². The van der Waals surface area contributed by atoms with Gasteiger partial charge in [0.15, 0.2) is 23.1 Å². The number of hydrogen-bond acceptors (Lipinski definition) is 7. The Balaban J connectivity index is 1.34. The molecule has 2 aromatic carbocycles. The van der Waals surface area contributed by atoms with Crippen LogP contribution in [-0.4, -0.2) is 59.1 Å². The van der Waals surface area contributed by atoms with Gasteiger partial charge in [-0.05, 0) is 31.5 Å². The van der Waals surface area contributed by atoms with Gasteiger partial charge in [0.25, 0.3) is 11.8 Å². The second kappa shape index (κ2) is 10.1. The SMILES string of the molecule is Cc1nc(C(=O)N2CCSC2CNC(=O)c2cccc3c2OCCO3)c(-c2ccc(C)c(F)c2F)s1. The molecule has 3 aromatic rings. The first kappa shape index (κ1) is 24.5. The third kappa shape index (κ3) is 4.53. The Kier molecular flexibility index (Phi) is 6.85. The van der Waals surface area contributed by atoms with E-state index in [2.05, 4.69) is 10.3 Å². The highest BCUT2D eigenvalue weighted by molar-refractivity contribution is 8.00. The molecule has 5 rings (SSSR count). The monoisotopic (exact) mass is 531 g/mol. The Labute approximate surface area is 214 Å². The average Bonchev–Trinajstić information content (AvgIpc) is 3.51. The lowest BCUT2D eigenvalue weighted by atomic mass is 10.1. The zero-order valence-electron chi connectivity index (χ0n) is 19.6. The van der Waals surface area contributed by atoms with Crippen LogP contribution < -0.4 is 14.8 Å². The highest BCUT2D eigenvalue weighted by Crippen LogP contribution is 2.36. The molecule has 0 radical (unpaired) electrons. The summed E-state index contributed by atoms with van der Waals surface area (Å²) in [5.41, 5.74) is 0.650. The number of halogens is 2. The minimum absolute atomic E-state index is 0.0137. The summed E-state index contributed by atoms with van der Waals surface area (Å²) < 4.78 is 40.2. The number of thioether (sulfide) groups is 1. The Hall–Kier alpha value is -3.18. The Morgan fingerprint density at radius 3 is 2.78 bits per heavy atom. The number of amides is 2. The molecule has 2 aliphatic heterocycles. The largest absolute Gasteiger partial charge is 0.486 e. The van der Waals surface area contributed by atoms with Gasteiger partial charge in [0.2, 0.25) is 0 Å². The van der Waals surface area contributed by atoms with Gasteiger partial charge >= 0.3 is 0 Å². The number of rotatable bonds is 5. The van der Waals surface area contributed by atoms with Crippen molar-refractivity contribution in [3.05, 3.63) is 63.8 Å². The van der Waals surface area contributed by atoms with Crippen LogP contribution in [0, 0.1) is 25.5 Å². The van der Waals surface area contributed by atoms with E-state index in [0.29, 0.717) is 52.5 Å². The van der Waals surface area contributed by atoms with Crippen molar-refractivity contribution in [3.8, 4) is 21.9 Å². The van der Waals surface area contributed by atoms with E-state index in [-0.39, 0.29) is 40.6 Å². The summed E-state index contributed by atoms with van der Waals surface area (Å²) in [6.45, 7) is 4.63. The molecule has 0 spiro atoms. The molecule has 1 atom stereocenters. The van der Waals surface area contributed by atoms with Crippen LogP contribution >= 0.6 is 23.1 Å². The maximum Gasteiger partial charge on any atom is 0.274 e. The third-order valence-corrected chi connectivity index (χ3v) is 8.18. The normalized spacial score (nSPS) is 16.8. The highest BCUT2D eigenvalue weighted by Gasteiger charge is 2.34. The standard InChI is InChI=1S/C25H23F2N3O4S2/c1-13-6-7-15(20(27)19(13)26)23-21(29-14(2)36-23)25(32)30-8-11-35-18(30)12-28-24(31)16-4-3-5-17-22(16)34-10-9-33-17/h3-7,18H,8-12H2,1-2H3,(H,28,31). The molecule has 188 valence electrons. The van der Waals surface area contributed by atoms with Gasteiger partial charge < -0.3 is 19.7 Å². The van der Waals surface area contributed by atoms with Crippen molar-refractivity contribution < 1.29 is 27.8 Å². The molecule has 2 amide bonds. The molecule has 2 aliphatic rings. The average molecular weight is 532 g/mol. The zero-order valence-corrected chi connectivity index (χ0v) is 21.2. The van der Waals surface area contributed by atoms with Crippen molar-refractivity contribution in [1.29, 1.82) is 0 Å². The number of aryl methyl sites for hydroxylation is 2. The van der Waals surface area contributed by atoms with Crippen molar-refractivity contribution in [2.45, 2.75) is 19.2 Å². The molecular formula is C25H23F2N3O4S2. The van der Waals surface area contributed by atoms with Crippen molar-refractivity contribution in [2.24, 2.45) is 0 Å². The van der Waals surface area contributed by atoms with Gasteiger partial charge in [0.1, 0.15) is 18.9 Å². The van der Waals surface area contributed by atoms with Crippen LogP contribution in [0.3, 0.4) is 0 Å². The smallest absolute Gasteiger partial charge is 0.274 e. The van der Waals surface area contributed by atoms with Crippen LogP contribution in [0.25, 0.3) is 10.4 Å². The highest BCUT2D eigenvalue weighted by atomic mass is 32.2. The molecule has 1 N–H and O–H groups in total. The van der Waals surface area contributed by atoms with E-state index < -0.39 is 11.6 Å². The molecule has 1 unspecified atom stereocenters. The molecule has 36 heavy (non-hydrogen) atoms. The van der Waals surface area contributed by atoms with E-state index in [1.54, 1.807) is 30.0 Å². The molecule has 1 saturated heterocycles. The van der Waals surface area contributed by atoms with Gasteiger partial charge in [0, 0.05) is 24.4 Å². The van der Waals surface area contributed by atoms with E-state index in [1.165, 1.54) is 30.8 Å². The third-order valence-electron chi connectivity index (χ3n) is 5.96. The molecular weight excluding hydrogens is 508 g/mol. The fourth-order valence-electron chi connectivity index (χ4n) is 4.16. The molecule has 3 heterocycles. The number of nitrogens with one attached hydrogen (secondary N) is 1. The molecule has 1 fully saturated rings. The fourth-order valence-corrected chi connectivity index (χ4v) is 6.25. The molecule has 0 bridgehead atoms. The topological polar surface area (TPSA) is 80.8 Å². The molecule has 0 aliphatic carbocycles. The minimum atomic E-state index is -0.996. The first-order valence-corrected chi connectivity index (χ1v) is 13.2. The van der Waals surface area contributed by atoms with Crippen LogP contribution in [0.2, 0.25) is 0 Å². The van der Waals surface area contributed by atoms with Crippen molar-refractivity contribution in [3.63, 3.8) is 0 Å². The van der Waals surface area contributed by atoms with Crippen LogP contribution in [0.4, 0.5) is 8.78 Å². The number of thiazole rings is 1. The van der Waals surface area contributed by atoms with Gasteiger partial charge in [-0.25, -0.2) is 13.8 Å². The van der Waals surface area contributed by atoms with E-state index >= 15 is 0 Å². The van der Waals surface area contributed by atoms with Crippen LogP contribution in [0.15, 0.2) is 30.3 Å². The predicted molar refractivity (Wildman–Crippen MR) is 134 cm³/mol. The summed E-state index contributed by atoms with van der Waals surface area (Å²) in [6, 6.07) is 8.09. The zero-order chi connectivity index (χ0) is 25.4. The Bertz CT molecular complexity index is 1350. The van der Waals surface area contributed by atoms with E-state index in [9.17, 15) is 18.4 Å². The molecule has 11 heteroatoms. The number of ether oxygens (including phenoxy) is 2. The summed E-state index contributed by atoms with van der Waals surface area (Å²) in [5, 5.41) is 3.12. The lowest BCUT2D eigenvalue weighted by Crippen LogP contribution is -2.42. The summed E-state index contributed by atoms with van der Waals surface area (Å²) >= 11 is 2.68. The summed E-state index contributed by atoms with van der Waals surface area (Å²) in [4.78, 5) is 32.7. The summed E-state index contributed by atoms with van der Waals surface area (Å²) in [7, 11) is 0. The van der Waals surface area contributed by atoms with Crippen LogP contribution in [0.5, 0.6) is 11.5 Å².